The smallest absolute Gasteiger partial charge is 0.303 e. The number of aliphatic hydroxyl groups is 2. The number of amides is 1. The second-order valence-electron chi connectivity index (χ2n) is 8.47. The Morgan fingerprint density at radius 3 is 2.43 bits per heavy atom. The van der Waals surface area contributed by atoms with Gasteiger partial charge in [0.25, 0.3) is 5.91 Å². The molecule has 4 rings (SSSR count). The third kappa shape index (κ3) is 6.25. The summed E-state index contributed by atoms with van der Waals surface area (Å²) in [6.07, 6.45) is -2.56. The number of nitrogens with one attached hydrogen (secondary N) is 2. The van der Waals surface area contributed by atoms with Crippen molar-refractivity contribution in [1.82, 2.24) is 24.8 Å². The summed E-state index contributed by atoms with van der Waals surface area (Å²) in [5.41, 5.74) is 8.65. The zero-order chi connectivity index (χ0) is 25.8. The van der Waals surface area contributed by atoms with Crippen LogP contribution in [-0.4, -0.2) is 78.1 Å². The van der Waals surface area contributed by atoms with Gasteiger partial charge in [-0.1, -0.05) is 24.3 Å². The van der Waals surface area contributed by atoms with Gasteiger partial charge < -0.3 is 36.4 Å². The number of anilines is 2. The number of carboxylic acids is 1. The molecule has 3 heterocycles. The van der Waals surface area contributed by atoms with Gasteiger partial charge >= 0.3 is 5.97 Å². The third-order valence-corrected chi connectivity index (χ3v) is 5.92. The van der Waals surface area contributed by atoms with E-state index in [0.717, 1.165) is 11.1 Å². The maximum atomic E-state index is 12.2. The van der Waals surface area contributed by atoms with E-state index in [4.69, 9.17) is 15.6 Å². The molecule has 7 N–H and O–H groups in total. The van der Waals surface area contributed by atoms with E-state index in [1.165, 1.54) is 10.9 Å². The lowest BCUT2D eigenvalue weighted by Crippen LogP contribution is -2.42. The number of hydrogen-bond acceptors (Lipinski definition) is 10. The van der Waals surface area contributed by atoms with E-state index in [1.54, 1.807) is 6.92 Å². The number of nitrogens with two attached hydrogens (primary N) is 1. The molecule has 0 spiro atoms. The van der Waals surface area contributed by atoms with Crippen molar-refractivity contribution in [2.45, 2.75) is 50.7 Å². The molecule has 1 fully saturated rings. The molecule has 2 aromatic heterocycles. The van der Waals surface area contributed by atoms with Crippen molar-refractivity contribution in [2.75, 3.05) is 24.1 Å². The Bertz CT molecular complexity index is 1240. The number of ether oxygens (including phenoxy) is 1. The van der Waals surface area contributed by atoms with Gasteiger partial charge in [0.15, 0.2) is 23.8 Å². The van der Waals surface area contributed by atoms with E-state index in [2.05, 4.69) is 25.6 Å². The van der Waals surface area contributed by atoms with Gasteiger partial charge in [-0.05, 0) is 30.9 Å². The van der Waals surface area contributed by atoms with Crippen LogP contribution in [0.1, 0.15) is 30.7 Å². The van der Waals surface area contributed by atoms with Gasteiger partial charge in [0.1, 0.15) is 17.7 Å². The molecule has 1 aliphatic heterocycles. The van der Waals surface area contributed by atoms with Crippen LogP contribution in [0.25, 0.3) is 11.2 Å². The number of aryl methyl sites for hydroxylation is 1. The zero-order valence-corrected chi connectivity index (χ0v) is 20.9. The lowest BCUT2D eigenvalue weighted by molar-refractivity contribution is -0.138. The minimum absolute atomic E-state index is 0. The number of likely N-dealkylation sites (N-methyl/N-ethyl adjacent to an activating group) is 1. The van der Waals surface area contributed by atoms with E-state index < -0.39 is 36.4 Å². The molecule has 0 saturated carbocycles. The standard InChI is InChI=1S/C23H29N7O6.ClH/c1-2-25-21(35)18-16(33)17(34)22(36-18)30-11-27-15-19(24)28-23(29-20(15)30)26-10-9-13-5-3-12(4-6-13)7-8-14(31)32;/h3-6,11,16-18,22,33-34H,2,7-10H2,1H3,(H,25,35)(H,31,32)(H3,24,26,28,29);1H/t16-,17?,18+,22-;/m1./s1. The second-order valence-corrected chi connectivity index (χ2v) is 8.47. The summed E-state index contributed by atoms with van der Waals surface area (Å²) in [5, 5.41) is 35.4. The van der Waals surface area contributed by atoms with Crippen molar-refractivity contribution in [2.24, 2.45) is 0 Å². The zero-order valence-electron chi connectivity index (χ0n) is 20.1. The van der Waals surface area contributed by atoms with Gasteiger partial charge in [-0.15, -0.1) is 12.4 Å². The Hall–Kier alpha value is -3.52. The van der Waals surface area contributed by atoms with E-state index >= 15 is 0 Å². The van der Waals surface area contributed by atoms with Gasteiger partial charge in [0, 0.05) is 19.5 Å². The fourth-order valence-electron chi connectivity index (χ4n) is 4.03. The quantitative estimate of drug-likeness (QED) is 0.208. The summed E-state index contributed by atoms with van der Waals surface area (Å²) in [7, 11) is 0. The van der Waals surface area contributed by atoms with Crippen LogP contribution in [-0.2, 0) is 27.2 Å². The number of halogens is 1. The maximum Gasteiger partial charge on any atom is 0.303 e. The number of nitrogens with zero attached hydrogens (tertiary/aromatic N) is 4. The van der Waals surface area contributed by atoms with Crippen LogP contribution in [0.15, 0.2) is 30.6 Å². The molecule has 1 saturated heterocycles. The highest BCUT2D eigenvalue weighted by molar-refractivity contribution is 5.85. The van der Waals surface area contributed by atoms with Crippen molar-refractivity contribution in [1.29, 1.82) is 0 Å². The number of hydrogen-bond donors (Lipinski definition) is 6. The molecule has 0 aliphatic carbocycles. The molecule has 14 heteroatoms. The number of fused-ring (bicyclic) bond motifs is 1. The predicted molar refractivity (Wildman–Crippen MR) is 136 cm³/mol. The second kappa shape index (κ2) is 12.1. The monoisotopic (exact) mass is 535 g/mol. The first-order valence-electron chi connectivity index (χ1n) is 11.6. The molecule has 1 aliphatic rings. The lowest BCUT2D eigenvalue weighted by atomic mass is 10.1. The molecule has 37 heavy (non-hydrogen) atoms. The molecule has 0 radical (unpaired) electrons. The van der Waals surface area contributed by atoms with Gasteiger partial charge in [0.2, 0.25) is 5.95 Å². The van der Waals surface area contributed by atoms with Crippen LogP contribution in [0.4, 0.5) is 11.8 Å². The van der Waals surface area contributed by atoms with Crippen molar-refractivity contribution in [3.8, 4) is 0 Å². The van der Waals surface area contributed by atoms with Gasteiger partial charge in [-0.2, -0.15) is 9.97 Å². The number of rotatable bonds is 10. The molecule has 200 valence electrons. The van der Waals surface area contributed by atoms with Crippen molar-refractivity contribution in [3.05, 3.63) is 41.7 Å². The summed E-state index contributed by atoms with van der Waals surface area (Å²) in [6, 6.07) is 7.71. The van der Waals surface area contributed by atoms with E-state index in [9.17, 15) is 19.8 Å². The topological polar surface area (TPSA) is 198 Å². The Labute approximate surface area is 218 Å². The van der Waals surface area contributed by atoms with Crippen molar-refractivity contribution in [3.63, 3.8) is 0 Å². The minimum Gasteiger partial charge on any atom is -0.481 e. The number of imidazole rings is 1. The first-order chi connectivity index (χ1) is 17.3. The minimum atomic E-state index is -1.42. The van der Waals surface area contributed by atoms with Crippen LogP contribution in [0, 0.1) is 0 Å². The summed E-state index contributed by atoms with van der Waals surface area (Å²) >= 11 is 0. The average Bonchev–Trinajstić information content (AvgIpc) is 3.40. The number of carboxylic acid groups (broad SMARTS) is 1. The summed E-state index contributed by atoms with van der Waals surface area (Å²) in [6.45, 7) is 2.59. The predicted octanol–water partition coefficient (Wildman–Crippen LogP) is 0.257. The highest BCUT2D eigenvalue weighted by atomic mass is 35.5. The van der Waals surface area contributed by atoms with E-state index in [-0.39, 0.29) is 36.2 Å². The number of carbonyl (C=O) groups excluding carboxylic acids is 1. The Kier molecular flexibility index (Phi) is 9.21. The van der Waals surface area contributed by atoms with Crippen LogP contribution in [0.2, 0.25) is 0 Å². The fourth-order valence-corrected chi connectivity index (χ4v) is 4.03. The number of benzene rings is 1. The number of nitrogen functional groups attached to an aromatic ring is 1. The largest absolute Gasteiger partial charge is 0.481 e. The summed E-state index contributed by atoms with van der Waals surface area (Å²) in [5.74, 6) is -0.985. The highest BCUT2D eigenvalue weighted by Gasteiger charge is 2.47. The van der Waals surface area contributed by atoms with Gasteiger partial charge in [-0.25, -0.2) is 4.98 Å². The van der Waals surface area contributed by atoms with Gasteiger partial charge in [0.05, 0.1) is 6.33 Å². The third-order valence-electron chi connectivity index (χ3n) is 5.92. The molecule has 4 atom stereocenters. The molecular weight excluding hydrogens is 506 g/mol. The number of carbonyl (C=O) groups is 2. The number of aliphatic hydroxyl groups excluding tert-OH is 2. The number of aromatic nitrogens is 4. The normalized spacial score (nSPS) is 20.9. The molecular formula is C23H30ClN7O6. The molecule has 1 unspecified atom stereocenters. The van der Waals surface area contributed by atoms with E-state index in [1.807, 2.05) is 24.3 Å². The first kappa shape index (κ1) is 28.1. The summed E-state index contributed by atoms with van der Waals surface area (Å²) < 4.78 is 7.09. The first-order valence-corrected chi connectivity index (χ1v) is 11.6. The maximum absolute atomic E-state index is 12.2. The van der Waals surface area contributed by atoms with Crippen LogP contribution < -0.4 is 16.4 Å². The molecule has 1 aromatic carbocycles. The van der Waals surface area contributed by atoms with Crippen molar-refractivity contribution >= 4 is 47.2 Å². The number of aliphatic carboxylic acids is 1. The Balaban J connectivity index is 0.00000380. The van der Waals surface area contributed by atoms with Gasteiger partial charge in [-0.3, -0.25) is 14.2 Å². The average molecular weight is 536 g/mol. The van der Waals surface area contributed by atoms with E-state index in [0.29, 0.717) is 31.4 Å². The Morgan fingerprint density at radius 2 is 1.78 bits per heavy atom. The van der Waals surface area contributed by atoms with Crippen LogP contribution in [0.5, 0.6) is 0 Å². The lowest BCUT2D eigenvalue weighted by Gasteiger charge is -2.16. The Morgan fingerprint density at radius 1 is 1.11 bits per heavy atom. The molecule has 1 amide bonds. The fraction of sp³-hybridized carbons (Fsp3) is 0.435. The van der Waals surface area contributed by atoms with Crippen LogP contribution >= 0.6 is 12.4 Å². The molecule has 0 bridgehead atoms. The highest BCUT2D eigenvalue weighted by Crippen LogP contribution is 2.32. The van der Waals surface area contributed by atoms with Crippen molar-refractivity contribution < 1.29 is 29.6 Å². The summed E-state index contributed by atoms with van der Waals surface area (Å²) in [4.78, 5) is 35.8. The molecule has 3 aromatic rings. The molecule has 13 nitrogen and oxygen atoms in total. The van der Waals surface area contributed by atoms with Crippen LogP contribution in [0.3, 0.4) is 0 Å². The SMILES string of the molecule is CCNC(=O)[C@H]1O[C@@H](n2cnc3c(N)nc(NCCc4ccc(CCC(=O)O)cc4)nc32)C(O)[C@H]1O.Cl.